The van der Waals surface area contributed by atoms with Crippen LogP contribution in [0.25, 0.3) is 10.8 Å². The van der Waals surface area contributed by atoms with Crippen molar-refractivity contribution in [2.24, 2.45) is 5.73 Å². The highest BCUT2D eigenvalue weighted by atomic mass is 79.9. The first kappa shape index (κ1) is 9.69. The van der Waals surface area contributed by atoms with Gasteiger partial charge in [0.25, 0.3) is 0 Å². The van der Waals surface area contributed by atoms with E-state index in [0.717, 1.165) is 10.0 Å². The van der Waals surface area contributed by atoms with Crippen LogP contribution in [-0.2, 0) is 0 Å². The van der Waals surface area contributed by atoms with E-state index in [0.29, 0.717) is 0 Å². The summed E-state index contributed by atoms with van der Waals surface area (Å²) in [5.41, 5.74) is 7.03. The van der Waals surface area contributed by atoms with E-state index in [-0.39, 0.29) is 6.04 Å². The normalized spacial score (nSPS) is 13.1. The molecule has 0 unspecified atom stereocenters. The highest BCUT2D eigenvalue weighted by Gasteiger charge is 2.07. The molecule has 1 nitrogen and oxygen atoms in total. The zero-order valence-corrected chi connectivity index (χ0v) is 9.58. The Morgan fingerprint density at radius 2 is 1.86 bits per heavy atom. The lowest BCUT2D eigenvalue weighted by atomic mass is 10.0. The van der Waals surface area contributed by atoms with Crippen LogP contribution in [0.5, 0.6) is 0 Å². The minimum absolute atomic E-state index is 0.0639. The average molecular weight is 250 g/mol. The molecule has 0 radical (unpaired) electrons. The lowest BCUT2D eigenvalue weighted by Gasteiger charge is -2.10. The first-order valence-corrected chi connectivity index (χ1v) is 5.42. The number of halogens is 1. The van der Waals surface area contributed by atoms with Crippen molar-refractivity contribution in [3.8, 4) is 0 Å². The zero-order chi connectivity index (χ0) is 10.1. The second kappa shape index (κ2) is 3.71. The fourth-order valence-corrected chi connectivity index (χ4v) is 2.46. The van der Waals surface area contributed by atoms with Gasteiger partial charge in [-0.25, -0.2) is 0 Å². The number of fused-ring (bicyclic) bond motifs is 1. The molecular weight excluding hydrogens is 238 g/mol. The number of nitrogens with two attached hydrogens (primary N) is 1. The Kier molecular flexibility index (Phi) is 2.57. The minimum atomic E-state index is 0.0639. The maximum absolute atomic E-state index is 5.88. The van der Waals surface area contributed by atoms with Crippen molar-refractivity contribution >= 4 is 26.7 Å². The van der Waals surface area contributed by atoms with E-state index in [1.54, 1.807) is 0 Å². The SMILES string of the molecule is C[C@H](N)c1ccc2ccccc2c1Br. The van der Waals surface area contributed by atoms with Gasteiger partial charge in [0, 0.05) is 10.5 Å². The number of rotatable bonds is 1. The largest absolute Gasteiger partial charge is 0.324 e. The molecule has 2 rings (SSSR count). The molecule has 0 spiro atoms. The van der Waals surface area contributed by atoms with Crippen LogP contribution in [0, 0.1) is 0 Å². The summed E-state index contributed by atoms with van der Waals surface area (Å²) >= 11 is 3.60. The molecule has 2 N–H and O–H groups in total. The van der Waals surface area contributed by atoms with Crippen molar-refractivity contribution in [1.29, 1.82) is 0 Å². The summed E-state index contributed by atoms with van der Waals surface area (Å²) in [6.45, 7) is 1.99. The number of benzene rings is 2. The molecule has 0 fully saturated rings. The summed E-state index contributed by atoms with van der Waals surface area (Å²) in [4.78, 5) is 0. The lowest BCUT2D eigenvalue weighted by molar-refractivity contribution is 0.815. The van der Waals surface area contributed by atoms with Gasteiger partial charge in [0.2, 0.25) is 0 Å². The summed E-state index contributed by atoms with van der Waals surface area (Å²) in [5, 5.41) is 2.46. The predicted octanol–water partition coefficient (Wildman–Crippen LogP) is 3.62. The van der Waals surface area contributed by atoms with Crippen molar-refractivity contribution in [2.45, 2.75) is 13.0 Å². The van der Waals surface area contributed by atoms with E-state index in [1.165, 1.54) is 10.8 Å². The molecule has 0 amide bonds. The van der Waals surface area contributed by atoms with Crippen molar-refractivity contribution in [1.82, 2.24) is 0 Å². The van der Waals surface area contributed by atoms with Gasteiger partial charge in [-0.3, -0.25) is 0 Å². The van der Waals surface area contributed by atoms with Gasteiger partial charge < -0.3 is 5.73 Å². The molecule has 0 aliphatic carbocycles. The fraction of sp³-hybridized carbons (Fsp3) is 0.167. The van der Waals surface area contributed by atoms with Crippen LogP contribution < -0.4 is 5.73 Å². The summed E-state index contributed by atoms with van der Waals surface area (Å²) in [5.74, 6) is 0. The molecule has 0 saturated carbocycles. The molecule has 72 valence electrons. The molecule has 0 bridgehead atoms. The molecule has 0 aromatic heterocycles. The maximum Gasteiger partial charge on any atom is 0.0301 e. The third-order valence-electron chi connectivity index (χ3n) is 2.38. The van der Waals surface area contributed by atoms with Crippen LogP contribution in [0.3, 0.4) is 0 Å². The Labute approximate surface area is 92.1 Å². The van der Waals surface area contributed by atoms with E-state index >= 15 is 0 Å². The molecule has 14 heavy (non-hydrogen) atoms. The van der Waals surface area contributed by atoms with Gasteiger partial charge in [0.05, 0.1) is 0 Å². The standard InChI is InChI=1S/C12H12BrN/c1-8(14)10-7-6-9-4-2-3-5-11(9)12(10)13/h2-8H,14H2,1H3/t8-/m0/s1. The highest BCUT2D eigenvalue weighted by Crippen LogP contribution is 2.30. The van der Waals surface area contributed by atoms with Crippen molar-refractivity contribution in [2.75, 3.05) is 0 Å². The summed E-state index contributed by atoms with van der Waals surface area (Å²) < 4.78 is 1.12. The third-order valence-corrected chi connectivity index (χ3v) is 3.27. The molecule has 0 aliphatic rings. The fourth-order valence-electron chi connectivity index (χ4n) is 1.60. The van der Waals surface area contributed by atoms with E-state index in [2.05, 4.69) is 40.2 Å². The van der Waals surface area contributed by atoms with Gasteiger partial charge in [-0.2, -0.15) is 0 Å². The van der Waals surface area contributed by atoms with Crippen LogP contribution in [0.2, 0.25) is 0 Å². The topological polar surface area (TPSA) is 26.0 Å². The molecule has 0 saturated heterocycles. The Hall–Kier alpha value is -0.860. The smallest absolute Gasteiger partial charge is 0.0301 e. The third kappa shape index (κ3) is 1.56. The zero-order valence-electron chi connectivity index (χ0n) is 8.00. The molecule has 0 heterocycles. The monoisotopic (exact) mass is 249 g/mol. The Bertz CT molecular complexity index is 463. The van der Waals surface area contributed by atoms with Crippen LogP contribution in [-0.4, -0.2) is 0 Å². The summed E-state index contributed by atoms with van der Waals surface area (Å²) in [7, 11) is 0. The molecule has 2 aromatic rings. The van der Waals surface area contributed by atoms with Crippen LogP contribution >= 0.6 is 15.9 Å². The van der Waals surface area contributed by atoms with E-state index in [9.17, 15) is 0 Å². The summed E-state index contributed by atoms with van der Waals surface area (Å²) in [6, 6.07) is 12.5. The maximum atomic E-state index is 5.88. The van der Waals surface area contributed by atoms with Gasteiger partial charge in [-0.05, 0) is 39.2 Å². The minimum Gasteiger partial charge on any atom is -0.324 e. The molecule has 0 aliphatic heterocycles. The first-order chi connectivity index (χ1) is 6.70. The number of hydrogen-bond acceptors (Lipinski definition) is 1. The second-order valence-corrected chi connectivity index (χ2v) is 4.27. The van der Waals surface area contributed by atoms with E-state index in [4.69, 9.17) is 5.73 Å². The first-order valence-electron chi connectivity index (χ1n) is 4.63. The Morgan fingerprint density at radius 1 is 1.14 bits per heavy atom. The lowest BCUT2D eigenvalue weighted by Crippen LogP contribution is -2.05. The Balaban J connectivity index is 2.75. The van der Waals surface area contributed by atoms with Crippen molar-refractivity contribution in [3.05, 3.63) is 46.4 Å². The average Bonchev–Trinajstić information content (AvgIpc) is 2.18. The van der Waals surface area contributed by atoms with Crippen LogP contribution in [0.4, 0.5) is 0 Å². The molecule has 1 atom stereocenters. The number of hydrogen-bond donors (Lipinski definition) is 1. The van der Waals surface area contributed by atoms with Crippen LogP contribution in [0.15, 0.2) is 40.9 Å². The van der Waals surface area contributed by atoms with E-state index < -0.39 is 0 Å². The van der Waals surface area contributed by atoms with E-state index in [1.807, 2.05) is 19.1 Å². The second-order valence-electron chi connectivity index (χ2n) is 3.48. The predicted molar refractivity (Wildman–Crippen MR) is 64.3 cm³/mol. The highest BCUT2D eigenvalue weighted by molar-refractivity contribution is 9.10. The summed E-state index contributed by atoms with van der Waals surface area (Å²) in [6.07, 6.45) is 0. The van der Waals surface area contributed by atoms with Crippen molar-refractivity contribution < 1.29 is 0 Å². The Morgan fingerprint density at radius 3 is 2.57 bits per heavy atom. The van der Waals surface area contributed by atoms with Crippen LogP contribution in [0.1, 0.15) is 18.5 Å². The quantitative estimate of drug-likeness (QED) is 0.821. The van der Waals surface area contributed by atoms with Gasteiger partial charge in [0.15, 0.2) is 0 Å². The molecular formula is C12H12BrN. The molecule has 2 heteroatoms. The van der Waals surface area contributed by atoms with Crippen molar-refractivity contribution in [3.63, 3.8) is 0 Å². The van der Waals surface area contributed by atoms with Gasteiger partial charge in [0.1, 0.15) is 0 Å². The van der Waals surface area contributed by atoms with Gasteiger partial charge >= 0.3 is 0 Å². The molecule has 2 aromatic carbocycles. The van der Waals surface area contributed by atoms with Gasteiger partial charge in [-0.1, -0.05) is 36.4 Å². The van der Waals surface area contributed by atoms with Gasteiger partial charge in [-0.15, -0.1) is 0 Å².